The molecule has 0 saturated heterocycles. The highest BCUT2D eigenvalue weighted by atomic mass is 19.1. The van der Waals surface area contributed by atoms with Gasteiger partial charge in [-0.15, -0.1) is 0 Å². The smallest absolute Gasteiger partial charge is 0.151 e. The molecule has 0 fully saturated rings. The average molecular weight is 278 g/mol. The van der Waals surface area contributed by atoms with E-state index in [2.05, 4.69) is 0 Å². The van der Waals surface area contributed by atoms with E-state index in [1.54, 1.807) is 14.2 Å². The van der Waals surface area contributed by atoms with Crippen molar-refractivity contribution in [2.24, 2.45) is 0 Å². The minimum atomic E-state index is -0.673. The van der Waals surface area contributed by atoms with Gasteiger partial charge in [-0.1, -0.05) is 12.1 Å². The summed E-state index contributed by atoms with van der Waals surface area (Å²) in [6, 6.07) is 9.56. The fourth-order valence-electron chi connectivity index (χ4n) is 2.07. The van der Waals surface area contributed by atoms with Gasteiger partial charge in [0.1, 0.15) is 11.4 Å². The third-order valence-corrected chi connectivity index (χ3v) is 2.97. The Morgan fingerprint density at radius 2 is 1.80 bits per heavy atom. The average Bonchev–Trinajstić information content (AvgIpc) is 2.37. The molecule has 0 atom stereocenters. The van der Waals surface area contributed by atoms with E-state index in [9.17, 15) is 8.78 Å². The van der Waals surface area contributed by atoms with Crippen molar-refractivity contribution in [3.05, 3.63) is 53.6 Å². The van der Waals surface area contributed by atoms with E-state index >= 15 is 0 Å². The number of halogens is 2. The Morgan fingerprint density at radius 3 is 2.40 bits per heavy atom. The second-order valence-electron chi connectivity index (χ2n) is 4.54. The van der Waals surface area contributed by atoms with E-state index in [1.807, 2.05) is 24.3 Å². The van der Waals surface area contributed by atoms with E-state index in [1.165, 1.54) is 4.90 Å². The summed E-state index contributed by atoms with van der Waals surface area (Å²) in [5.41, 5.74) is 6.27. The van der Waals surface area contributed by atoms with Crippen molar-refractivity contribution < 1.29 is 13.5 Å². The van der Waals surface area contributed by atoms with Gasteiger partial charge in [-0.2, -0.15) is 0 Å². The third-order valence-electron chi connectivity index (χ3n) is 2.97. The Kier molecular flexibility index (Phi) is 4.08. The first kappa shape index (κ1) is 14.1. The van der Waals surface area contributed by atoms with Crippen molar-refractivity contribution in [3.63, 3.8) is 0 Å². The Hall–Kier alpha value is -2.30. The standard InChI is InChI=1S/C15H16F2N2O/c1-19(9-10-4-3-5-12(6-10)20-2)15-13(16)7-11(18)8-14(15)17/h3-8H,9,18H2,1-2H3. The highest BCUT2D eigenvalue weighted by molar-refractivity contribution is 5.55. The quantitative estimate of drug-likeness (QED) is 0.873. The molecule has 0 aliphatic carbocycles. The van der Waals surface area contributed by atoms with Crippen LogP contribution in [0.1, 0.15) is 5.56 Å². The molecular weight excluding hydrogens is 262 g/mol. The van der Waals surface area contributed by atoms with Gasteiger partial charge in [0.25, 0.3) is 0 Å². The number of methoxy groups -OCH3 is 1. The molecule has 2 aromatic rings. The zero-order valence-corrected chi connectivity index (χ0v) is 11.4. The summed E-state index contributed by atoms with van der Waals surface area (Å²) >= 11 is 0. The molecule has 3 nitrogen and oxygen atoms in total. The van der Waals surface area contributed by atoms with Crippen LogP contribution in [0.25, 0.3) is 0 Å². The minimum absolute atomic E-state index is 0.0681. The molecular formula is C15H16F2N2O. The fraction of sp³-hybridized carbons (Fsp3) is 0.200. The van der Waals surface area contributed by atoms with Crippen molar-refractivity contribution in [3.8, 4) is 5.75 Å². The molecule has 2 N–H and O–H groups in total. The first-order valence-corrected chi connectivity index (χ1v) is 6.10. The van der Waals surface area contributed by atoms with E-state index in [4.69, 9.17) is 10.5 Å². The van der Waals surface area contributed by atoms with E-state index < -0.39 is 11.6 Å². The van der Waals surface area contributed by atoms with Crippen LogP contribution in [-0.4, -0.2) is 14.2 Å². The molecule has 0 aliphatic heterocycles. The first-order valence-electron chi connectivity index (χ1n) is 6.10. The monoisotopic (exact) mass is 278 g/mol. The molecule has 5 heteroatoms. The molecule has 0 unspecified atom stereocenters. The Bertz CT molecular complexity index is 594. The lowest BCUT2D eigenvalue weighted by Gasteiger charge is -2.21. The molecule has 0 aliphatic rings. The molecule has 0 amide bonds. The number of rotatable bonds is 4. The number of benzene rings is 2. The van der Waals surface area contributed by atoms with Gasteiger partial charge in [0, 0.05) is 19.3 Å². The van der Waals surface area contributed by atoms with Crippen LogP contribution >= 0.6 is 0 Å². The lowest BCUT2D eigenvalue weighted by molar-refractivity contribution is 0.414. The van der Waals surface area contributed by atoms with Gasteiger partial charge in [0.15, 0.2) is 11.6 Å². The predicted octanol–water partition coefficient (Wildman–Crippen LogP) is 3.19. The topological polar surface area (TPSA) is 38.5 Å². The summed E-state index contributed by atoms with van der Waals surface area (Å²) in [6.45, 7) is 0.356. The molecule has 0 aromatic heterocycles. The number of nitrogens with two attached hydrogens (primary N) is 1. The SMILES string of the molecule is COc1cccc(CN(C)c2c(F)cc(N)cc2F)c1. The Labute approximate surface area is 116 Å². The maximum atomic E-state index is 13.8. The van der Waals surface area contributed by atoms with Crippen molar-refractivity contribution >= 4 is 11.4 Å². The van der Waals surface area contributed by atoms with Gasteiger partial charge in [-0.25, -0.2) is 8.78 Å². The van der Waals surface area contributed by atoms with E-state index in [0.717, 1.165) is 17.7 Å². The van der Waals surface area contributed by atoms with Crippen LogP contribution < -0.4 is 15.4 Å². The van der Waals surface area contributed by atoms with Crippen LogP contribution in [0.15, 0.2) is 36.4 Å². The fourth-order valence-corrected chi connectivity index (χ4v) is 2.07. The zero-order chi connectivity index (χ0) is 14.7. The van der Waals surface area contributed by atoms with E-state index in [-0.39, 0.29) is 11.4 Å². The molecule has 0 bridgehead atoms. The number of hydrogen-bond acceptors (Lipinski definition) is 3. The zero-order valence-electron chi connectivity index (χ0n) is 11.4. The van der Waals surface area contributed by atoms with Gasteiger partial charge in [0.05, 0.1) is 7.11 Å². The van der Waals surface area contributed by atoms with Crippen molar-refractivity contribution in [2.75, 3.05) is 24.8 Å². The summed E-state index contributed by atoms with van der Waals surface area (Å²) in [5.74, 6) is -0.644. The van der Waals surface area contributed by atoms with Gasteiger partial charge < -0.3 is 15.4 Å². The van der Waals surface area contributed by atoms with Crippen LogP contribution in [0.3, 0.4) is 0 Å². The number of anilines is 2. The van der Waals surface area contributed by atoms with Crippen LogP contribution in [0.4, 0.5) is 20.2 Å². The van der Waals surface area contributed by atoms with E-state index in [0.29, 0.717) is 12.3 Å². The number of nitrogen functional groups attached to an aromatic ring is 1. The third kappa shape index (κ3) is 2.99. The first-order chi connectivity index (χ1) is 9.51. The minimum Gasteiger partial charge on any atom is -0.497 e. The highest BCUT2D eigenvalue weighted by Gasteiger charge is 2.15. The highest BCUT2D eigenvalue weighted by Crippen LogP contribution is 2.26. The molecule has 2 aromatic carbocycles. The number of nitrogens with zero attached hydrogens (tertiary/aromatic N) is 1. The summed E-state index contributed by atoms with van der Waals surface area (Å²) < 4.78 is 32.8. The van der Waals surface area contributed by atoms with Crippen LogP contribution in [0.2, 0.25) is 0 Å². The Balaban J connectivity index is 2.26. The van der Waals surface area contributed by atoms with Gasteiger partial charge in [-0.3, -0.25) is 0 Å². The molecule has 0 spiro atoms. The maximum absolute atomic E-state index is 13.8. The molecule has 0 saturated carbocycles. The molecule has 106 valence electrons. The molecule has 0 radical (unpaired) electrons. The number of ether oxygens (including phenoxy) is 1. The lowest BCUT2D eigenvalue weighted by atomic mass is 10.2. The summed E-state index contributed by atoms with van der Waals surface area (Å²) in [5, 5.41) is 0. The molecule has 2 rings (SSSR count). The summed E-state index contributed by atoms with van der Waals surface area (Å²) in [6.07, 6.45) is 0. The van der Waals surface area contributed by atoms with Crippen LogP contribution in [-0.2, 0) is 6.54 Å². The van der Waals surface area contributed by atoms with Crippen molar-refractivity contribution in [1.82, 2.24) is 0 Å². The lowest BCUT2D eigenvalue weighted by Crippen LogP contribution is -2.19. The predicted molar refractivity (Wildman–Crippen MR) is 75.9 cm³/mol. The van der Waals surface area contributed by atoms with Gasteiger partial charge >= 0.3 is 0 Å². The van der Waals surface area contributed by atoms with Gasteiger partial charge in [-0.05, 0) is 29.8 Å². The largest absolute Gasteiger partial charge is 0.497 e. The normalized spacial score (nSPS) is 10.4. The molecule has 0 heterocycles. The molecule has 20 heavy (non-hydrogen) atoms. The van der Waals surface area contributed by atoms with Crippen molar-refractivity contribution in [1.29, 1.82) is 0 Å². The van der Waals surface area contributed by atoms with Gasteiger partial charge in [0.2, 0.25) is 0 Å². The summed E-state index contributed by atoms with van der Waals surface area (Å²) in [4.78, 5) is 1.50. The summed E-state index contributed by atoms with van der Waals surface area (Å²) in [7, 11) is 3.19. The van der Waals surface area contributed by atoms with Crippen LogP contribution in [0, 0.1) is 11.6 Å². The van der Waals surface area contributed by atoms with Crippen molar-refractivity contribution in [2.45, 2.75) is 6.54 Å². The second-order valence-corrected chi connectivity index (χ2v) is 4.54. The second kappa shape index (κ2) is 5.77. The maximum Gasteiger partial charge on any atom is 0.151 e. The Morgan fingerprint density at radius 1 is 1.15 bits per heavy atom. The van der Waals surface area contributed by atoms with Crippen LogP contribution in [0.5, 0.6) is 5.75 Å². The number of hydrogen-bond donors (Lipinski definition) is 1.